The Labute approximate surface area is 218 Å². The van der Waals surface area contributed by atoms with Gasteiger partial charge in [-0.25, -0.2) is 9.98 Å². The van der Waals surface area contributed by atoms with Gasteiger partial charge in [-0.3, -0.25) is 9.59 Å². The van der Waals surface area contributed by atoms with Crippen LogP contribution in [-0.2, 0) is 26.1 Å². The van der Waals surface area contributed by atoms with Crippen LogP contribution in [0.5, 0.6) is 0 Å². The van der Waals surface area contributed by atoms with E-state index in [-0.39, 0.29) is 28.1 Å². The molecule has 0 unspecified atom stereocenters. The molecule has 8 nitrogen and oxygen atoms in total. The summed E-state index contributed by atoms with van der Waals surface area (Å²) >= 11 is 0. The van der Waals surface area contributed by atoms with Gasteiger partial charge in [-0.15, -0.1) is 0 Å². The van der Waals surface area contributed by atoms with Crippen LogP contribution in [0.25, 0.3) is 0 Å². The van der Waals surface area contributed by atoms with Crippen molar-refractivity contribution in [1.82, 2.24) is 10.6 Å². The molecule has 0 atom stereocenters. The Bertz CT molecular complexity index is 894. The first-order valence-electron chi connectivity index (χ1n) is 11.3. The molecule has 9 heteroatoms. The largest absolute Gasteiger partial charge is 0.400 e. The summed E-state index contributed by atoms with van der Waals surface area (Å²) in [5, 5.41) is 20.4. The molecule has 0 fully saturated rings. The summed E-state index contributed by atoms with van der Waals surface area (Å²) < 4.78 is 0. The number of ketones is 2. The first kappa shape index (κ1) is 32.1. The molecule has 1 aliphatic heterocycles. The van der Waals surface area contributed by atoms with E-state index in [9.17, 15) is 9.59 Å². The summed E-state index contributed by atoms with van der Waals surface area (Å²) in [6, 6.07) is 0. The van der Waals surface area contributed by atoms with E-state index in [1.807, 2.05) is 38.2 Å². The molecular formula is C26H38N4NiO4+2. The first-order valence-corrected chi connectivity index (χ1v) is 11.3. The zero-order valence-corrected chi connectivity index (χ0v) is 21.9. The van der Waals surface area contributed by atoms with Gasteiger partial charge in [0.1, 0.15) is 13.1 Å². The molecule has 3 rings (SSSR count). The van der Waals surface area contributed by atoms with Crippen molar-refractivity contribution in [2.24, 2.45) is 0 Å². The predicted molar refractivity (Wildman–Crippen MR) is 135 cm³/mol. The number of fused-ring (bicyclic) bond motifs is 4. The van der Waals surface area contributed by atoms with Crippen molar-refractivity contribution in [3.8, 4) is 0 Å². The number of rotatable bonds is 0. The van der Waals surface area contributed by atoms with Crippen LogP contribution in [0.3, 0.4) is 0 Å². The van der Waals surface area contributed by atoms with Crippen LogP contribution >= 0.6 is 0 Å². The van der Waals surface area contributed by atoms with E-state index in [1.165, 1.54) is 0 Å². The molecule has 0 aromatic rings. The van der Waals surface area contributed by atoms with Gasteiger partial charge in [-0.1, -0.05) is 0 Å². The molecule has 35 heavy (non-hydrogen) atoms. The molecular weight excluding hydrogens is 491 g/mol. The summed E-state index contributed by atoms with van der Waals surface area (Å²) in [6.45, 7) is 6.90. The SMILES string of the molecule is CC1=CC2=CNCCCNC=C3C=C(C)C=C(C=[NH+]CCC[NH+]=CC(=C1)C2=O)C3=O.CO.CO.[Ni]. The number of carbonyl (C=O) groups is 2. The van der Waals surface area contributed by atoms with Crippen LogP contribution in [-0.4, -0.2) is 74.6 Å². The summed E-state index contributed by atoms with van der Waals surface area (Å²) in [7, 11) is 2.00. The number of allylic oxidation sites excluding steroid dienone is 10. The second-order valence-electron chi connectivity index (χ2n) is 7.65. The van der Waals surface area contributed by atoms with Crippen LogP contribution < -0.4 is 20.6 Å². The number of carbonyl (C=O) groups excluding carboxylic acids is 2. The number of aliphatic hydroxyl groups excluding tert-OH is 2. The van der Waals surface area contributed by atoms with Crippen molar-refractivity contribution in [1.29, 1.82) is 0 Å². The van der Waals surface area contributed by atoms with Gasteiger partial charge in [0.05, 0.1) is 17.6 Å². The van der Waals surface area contributed by atoms with Gasteiger partial charge in [0, 0.05) is 67.3 Å². The Morgan fingerprint density at radius 1 is 0.657 bits per heavy atom. The van der Waals surface area contributed by atoms with Gasteiger partial charge < -0.3 is 20.8 Å². The van der Waals surface area contributed by atoms with Crippen LogP contribution in [0.2, 0.25) is 0 Å². The second-order valence-corrected chi connectivity index (χ2v) is 7.65. The zero-order chi connectivity index (χ0) is 25.3. The fraction of sp³-hybridized carbons (Fsp3) is 0.385. The van der Waals surface area contributed by atoms with E-state index in [2.05, 4.69) is 20.6 Å². The molecule has 3 aliphatic rings. The Balaban J connectivity index is 0.00000220. The zero-order valence-electron chi connectivity index (χ0n) is 20.9. The molecule has 0 amide bonds. The van der Waals surface area contributed by atoms with Crippen LogP contribution in [0.4, 0.5) is 0 Å². The van der Waals surface area contributed by atoms with Crippen molar-refractivity contribution in [2.45, 2.75) is 26.7 Å². The Kier molecular flexibility index (Phi) is 16.9. The maximum absolute atomic E-state index is 12.6. The van der Waals surface area contributed by atoms with E-state index in [4.69, 9.17) is 10.2 Å². The quantitative estimate of drug-likeness (QED) is 0.205. The summed E-state index contributed by atoms with van der Waals surface area (Å²) in [5.41, 5.74) is 4.76. The molecule has 4 bridgehead atoms. The normalized spacial score (nSPS) is 18.5. The minimum atomic E-state index is 0. The second kappa shape index (κ2) is 18.5. The maximum Gasteiger partial charge on any atom is 0.200 e. The Morgan fingerprint density at radius 2 is 1.06 bits per heavy atom. The topological polar surface area (TPSA) is 127 Å². The summed E-state index contributed by atoms with van der Waals surface area (Å²) in [4.78, 5) is 31.7. The predicted octanol–water partition coefficient (Wildman–Crippen LogP) is -1.84. The summed E-state index contributed by atoms with van der Waals surface area (Å²) in [5.74, 6) is 0.0366. The van der Waals surface area contributed by atoms with Gasteiger partial charge in [-0.2, -0.15) is 0 Å². The molecule has 0 aromatic carbocycles. The van der Waals surface area contributed by atoms with Crippen molar-refractivity contribution in [3.05, 3.63) is 70.1 Å². The van der Waals surface area contributed by atoms with Gasteiger partial charge in [-0.05, 0) is 55.7 Å². The van der Waals surface area contributed by atoms with Gasteiger partial charge in [0.2, 0.25) is 0 Å². The van der Waals surface area contributed by atoms with E-state index in [0.717, 1.165) is 64.4 Å². The Hall–Kier alpha value is -2.87. The molecule has 0 radical (unpaired) electrons. The third kappa shape index (κ3) is 10.9. The van der Waals surface area contributed by atoms with E-state index >= 15 is 0 Å². The van der Waals surface area contributed by atoms with Crippen molar-refractivity contribution in [2.75, 3.05) is 40.4 Å². The van der Waals surface area contributed by atoms with Gasteiger partial charge in [0.25, 0.3) is 0 Å². The third-order valence-electron chi connectivity index (χ3n) is 4.90. The minimum absolute atomic E-state index is 0. The van der Waals surface area contributed by atoms with Crippen molar-refractivity contribution < 1.29 is 46.3 Å². The molecule has 194 valence electrons. The molecule has 6 N–H and O–H groups in total. The fourth-order valence-corrected chi connectivity index (χ4v) is 3.40. The van der Waals surface area contributed by atoms with Gasteiger partial charge >= 0.3 is 0 Å². The van der Waals surface area contributed by atoms with Crippen LogP contribution in [0, 0.1) is 0 Å². The number of hydrogen-bond donors (Lipinski definition) is 6. The van der Waals surface area contributed by atoms with Crippen molar-refractivity contribution >= 4 is 24.0 Å². The first-order chi connectivity index (χ1) is 16.5. The number of aliphatic hydroxyl groups is 2. The number of Topliss-reactive ketones (excluding diaryl/α,β-unsaturated/α-hetero) is 2. The molecule has 0 saturated heterocycles. The Morgan fingerprint density at radius 3 is 1.46 bits per heavy atom. The molecule has 1 heterocycles. The van der Waals surface area contributed by atoms with Gasteiger partial charge in [0.15, 0.2) is 24.0 Å². The standard InChI is InChI=1S/C24H28N4O2.2CH4O.Ni/c1-17-9-19-13-25-5-3-7-27-15-21-11-18(2)12-22(24(21)30)16-28-8-4-6-26-14-20(10-17)23(19)29;2*1-2;/h9-16,25,27H,3-8H2,1-2H3;2*2H,1H3;/p+2. The molecule has 0 spiro atoms. The maximum atomic E-state index is 12.6. The molecule has 0 saturated carbocycles. The molecule has 0 aromatic heterocycles. The molecule has 2 aliphatic carbocycles. The smallest absolute Gasteiger partial charge is 0.200 e. The summed E-state index contributed by atoms with van der Waals surface area (Å²) in [6.07, 6.45) is 16.5. The van der Waals surface area contributed by atoms with Crippen LogP contribution in [0.1, 0.15) is 26.7 Å². The third-order valence-corrected chi connectivity index (χ3v) is 4.90. The van der Waals surface area contributed by atoms with E-state index < -0.39 is 0 Å². The minimum Gasteiger partial charge on any atom is -0.400 e. The average molecular weight is 529 g/mol. The average Bonchev–Trinajstić information content (AvgIpc) is 2.84. The van der Waals surface area contributed by atoms with E-state index in [1.54, 1.807) is 24.8 Å². The monoisotopic (exact) mass is 528 g/mol. The van der Waals surface area contributed by atoms with Crippen molar-refractivity contribution in [3.63, 3.8) is 0 Å². The van der Waals surface area contributed by atoms with E-state index in [0.29, 0.717) is 22.3 Å². The number of nitrogens with one attached hydrogen (secondary N) is 4. The fourth-order valence-electron chi connectivity index (χ4n) is 3.40. The number of hydrogen-bond acceptors (Lipinski definition) is 6. The van der Waals surface area contributed by atoms with Crippen LogP contribution in [0.15, 0.2) is 70.1 Å².